The Kier molecular flexibility index (Phi) is 4.24. The average Bonchev–Trinajstić information content (AvgIpc) is 2.41. The van der Waals surface area contributed by atoms with Gasteiger partial charge in [0.1, 0.15) is 5.69 Å². The van der Waals surface area contributed by atoms with Crippen molar-refractivity contribution in [3.8, 4) is 5.88 Å². The average molecular weight is 275 g/mol. The van der Waals surface area contributed by atoms with Crippen LogP contribution in [0.3, 0.4) is 0 Å². The molecule has 0 unspecified atom stereocenters. The van der Waals surface area contributed by atoms with Crippen LogP contribution in [-0.4, -0.2) is 22.0 Å². The van der Waals surface area contributed by atoms with Crippen molar-refractivity contribution < 1.29 is 13.9 Å². The van der Waals surface area contributed by atoms with Gasteiger partial charge in [-0.25, -0.2) is 9.97 Å². The summed E-state index contributed by atoms with van der Waals surface area (Å²) >= 11 is 0. The summed E-state index contributed by atoms with van der Waals surface area (Å²) in [6, 6.07) is 6.14. The molecule has 2 aromatic heterocycles. The van der Waals surface area contributed by atoms with Gasteiger partial charge in [-0.1, -0.05) is 0 Å². The monoisotopic (exact) mass is 275 g/mol. The fourth-order valence-electron chi connectivity index (χ4n) is 1.55. The minimum absolute atomic E-state index is 0.0873. The van der Waals surface area contributed by atoms with Crippen molar-refractivity contribution in [2.45, 2.75) is 20.0 Å². The number of aromatic nitrogens is 2. The Hall–Kier alpha value is -2.50. The number of amides is 1. The highest BCUT2D eigenvalue weighted by molar-refractivity contribution is 6.04. The minimum atomic E-state index is -0.819. The zero-order chi connectivity index (χ0) is 14.5. The van der Waals surface area contributed by atoms with Crippen molar-refractivity contribution in [3.63, 3.8) is 0 Å². The second kappa shape index (κ2) is 6.10. The molecule has 0 bridgehead atoms. The Morgan fingerprint density at radius 1 is 1.25 bits per heavy atom. The summed E-state index contributed by atoms with van der Waals surface area (Å²) in [4.78, 5) is 19.5. The van der Waals surface area contributed by atoms with Gasteiger partial charge < -0.3 is 10.1 Å². The first-order chi connectivity index (χ1) is 9.58. The van der Waals surface area contributed by atoms with Crippen LogP contribution < -0.4 is 10.1 Å². The van der Waals surface area contributed by atoms with E-state index in [0.717, 1.165) is 0 Å². The lowest BCUT2D eigenvalue weighted by molar-refractivity contribution is 0.102. The number of hydrogen-bond donors (Lipinski definition) is 1. The van der Waals surface area contributed by atoms with Crippen LogP contribution in [0.15, 0.2) is 36.7 Å². The van der Waals surface area contributed by atoms with E-state index >= 15 is 0 Å². The third-order valence-corrected chi connectivity index (χ3v) is 2.37. The lowest BCUT2D eigenvalue weighted by Crippen LogP contribution is -2.16. The van der Waals surface area contributed by atoms with Crippen LogP contribution in [0, 0.1) is 5.95 Å². The topological polar surface area (TPSA) is 64.1 Å². The molecule has 5 nitrogen and oxygen atoms in total. The molecule has 0 fully saturated rings. The maximum Gasteiger partial charge on any atom is 0.260 e. The van der Waals surface area contributed by atoms with E-state index in [2.05, 4.69) is 15.3 Å². The van der Waals surface area contributed by atoms with E-state index in [1.54, 1.807) is 18.3 Å². The molecule has 0 aromatic carbocycles. The quantitative estimate of drug-likeness (QED) is 0.871. The second-order valence-electron chi connectivity index (χ2n) is 4.32. The van der Waals surface area contributed by atoms with Gasteiger partial charge in [-0.15, -0.1) is 0 Å². The van der Waals surface area contributed by atoms with Crippen LogP contribution in [0.2, 0.25) is 0 Å². The van der Waals surface area contributed by atoms with E-state index in [1.165, 1.54) is 18.3 Å². The highest BCUT2D eigenvalue weighted by Gasteiger charge is 2.15. The third kappa shape index (κ3) is 3.28. The number of rotatable bonds is 4. The van der Waals surface area contributed by atoms with Gasteiger partial charge in [0.05, 0.1) is 11.7 Å². The first-order valence-electron chi connectivity index (χ1n) is 6.11. The number of nitrogens with one attached hydrogen (secondary N) is 1. The molecule has 104 valence electrons. The molecule has 20 heavy (non-hydrogen) atoms. The van der Waals surface area contributed by atoms with Crippen LogP contribution in [-0.2, 0) is 0 Å². The van der Waals surface area contributed by atoms with Crippen molar-refractivity contribution in [2.75, 3.05) is 5.32 Å². The Labute approximate surface area is 115 Å². The number of ether oxygens (including phenoxy) is 1. The molecule has 0 spiro atoms. The van der Waals surface area contributed by atoms with E-state index in [0.29, 0.717) is 11.6 Å². The molecule has 0 radical (unpaired) electrons. The van der Waals surface area contributed by atoms with E-state index in [-0.39, 0.29) is 11.7 Å². The zero-order valence-corrected chi connectivity index (χ0v) is 11.1. The summed E-state index contributed by atoms with van der Waals surface area (Å²) in [5.74, 6) is -1.13. The number of anilines is 1. The number of carbonyl (C=O) groups is 1. The standard InChI is InChI=1S/C14H14FN3O2/c1-9(2)20-14-11(6-4-8-17-14)18-13(19)10-5-3-7-16-12(10)15/h3-9H,1-2H3,(H,18,19). The molecule has 1 amide bonds. The molecule has 0 aliphatic heterocycles. The zero-order valence-electron chi connectivity index (χ0n) is 11.1. The number of pyridine rings is 2. The van der Waals surface area contributed by atoms with Gasteiger partial charge in [0.2, 0.25) is 11.8 Å². The smallest absolute Gasteiger partial charge is 0.260 e. The molecule has 1 N–H and O–H groups in total. The van der Waals surface area contributed by atoms with E-state index in [1.807, 2.05) is 13.8 Å². The van der Waals surface area contributed by atoms with Crippen LogP contribution in [0.25, 0.3) is 0 Å². The number of hydrogen-bond acceptors (Lipinski definition) is 4. The molecule has 6 heteroatoms. The van der Waals surface area contributed by atoms with Crippen LogP contribution >= 0.6 is 0 Å². The molecule has 0 saturated heterocycles. The van der Waals surface area contributed by atoms with Gasteiger partial charge in [-0.2, -0.15) is 4.39 Å². The maximum absolute atomic E-state index is 13.4. The minimum Gasteiger partial charge on any atom is -0.473 e. The summed E-state index contributed by atoms with van der Waals surface area (Å²) in [6.07, 6.45) is 2.75. The van der Waals surface area contributed by atoms with Gasteiger partial charge in [-0.05, 0) is 38.1 Å². The second-order valence-corrected chi connectivity index (χ2v) is 4.32. The molecule has 0 aliphatic rings. The molecular weight excluding hydrogens is 261 g/mol. The maximum atomic E-state index is 13.4. The Morgan fingerprint density at radius 2 is 1.95 bits per heavy atom. The normalized spacial score (nSPS) is 10.4. The highest BCUT2D eigenvalue weighted by atomic mass is 19.1. The van der Waals surface area contributed by atoms with Crippen molar-refractivity contribution in [3.05, 3.63) is 48.2 Å². The summed E-state index contributed by atoms with van der Waals surface area (Å²) in [7, 11) is 0. The molecule has 2 rings (SSSR count). The highest BCUT2D eigenvalue weighted by Crippen LogP contribution is 2.22. The van der Waals surface area contributed by atoms with Crippen molar-refractivity contribution in [1.82, 2.24) is 9.97 Å². The van der Waals surface area contributed by atoms with E-state index in [4.69, 9.17) is 4.74 Å². The molecule has 2 aromatic rings. The third-order valence-electron chi connectivity index (χ3n) is 2.37. The van der Waals surface area contributed by atoms with Gasteiger partial charge in [-0.3, -0.25) is 4.79 Å². The fourth-order valence-corrected chi connectivity index (χ4v) is 1.55. The largest absolute Gasteiger partial charge is 0.473 e. The number of nitrogens with zero attached hydrogens (tertiary/aromatic N) is 2. The van der Waals surface area contributed by atoms with E-state index in [9.17, 15) is 9.18 Å². The summed E-state index contributed by atoms with van der Waals surface area (Å²) in [5, 5.41) is 2.57. The van der Waals surface area contributed by atoms with Gasteiger partial charge in [0, 0.05) is 12.4 Å². The van der Waals surface area contributed by atoms with Crippen molar-refractivity contribution in [2.24, 2.45) is 0 Å². The SMILES string of the molecule is CC(C)Oc1ncccc1NC(=O)c1cccnc1F. The summed E-state index contributed by atoms with van der Waals surface area (Å²) in [6.45, 7) is 3.70. The lowest BCUT2D eigenvalue weighted by atomic mass is 10.2. The molecule has 0 atom stereocenters. The Balaban J connectivity index is 2.22. The number of halogens is 1. The van der Waals surface area contributed by atoms with Crippen LogP contribution in [0.4, 0.5) is 10.1 Å². The predicted octanol–water partition coefficient (Wildman–Crippen LogP) is 2.66. The number of carbonyl (C=O) groups excluding carboxylic acids is 1. The molecule has 0 aliphatic carbocycles. The molecular formula is C14H14FN3O2. The lowest BCUT2D eigenvalue weighted by Gasteiger charge is -2.13. The van der Waals surface area contributed by atoms with Crippen molar-refractivity contribution >= 4 is 11.6 Å². The van der Waals surface area contributed by atoms with Crippen LogP contribution in [0.1, 0.15) is 24.2 Å². The first kappa shape index (κ1) is 13.9. The molecule has 2 heterocycles. The Bertz CT molecular complexity index is 617. The van der Waals surface area contributed by atoms with Gasteiger partial charge in [0.15, 0.2) is 0 Å². The van der Waals surface area contributed by atoms with Gasteiger partial charge in [0.25, 0.3) is 5.91 Å². The van der Waals surface area contributed by atoms with Crippen LogP contribution in [0.5, 0.6) is 5.88 Å². The van der Waals surface area contributed by atoms with E-state index < -0.39 is 11.9 Å². The fraction of sp³-hybridized carbons (Fsp3) is 0.214. The summed E-state index contributed by atoms with van der Waals surface area (Å²) in [5.41, 5.74) is 0.251. The van der Waals surface area contributed by atoms with Gasteiger partial charge >= 0.3 is 0 Å². The Morgan fingerprint density at radius 3 is 2.65 bits per heavy atom. The molecule has 0 saturated carbocycles. The van der Waals surface area contributed by atoms with Crippen molar-refractivity contribution in [1.29, 1.82) is 0 Å². The summed E-state index contributed by atoms with van der Waals surface area (Å²) < 4.78 is 18.9. The first-order valence-corrected chi connectivity index (χ1v) is 6.11. The predicted molar refractivity (Wildman–Crippen MR) is 72.1 cm³/mol.